The fraction of sp³-hybridized carbons (Fsp3) is 0.286. The Morgan fingerprint density at radius 3 is 2.42 bits per heavy atom. The molecule has 102 valence electrons. The Morgan fingerprint density at radius 1 is 1.00 bits per heavy atom. The van der Waals surface area contributed by atoms with E-state index in [0.29, 0.717) is 6.54 Å². The van der Waals surface area contributed by atoms with Gasteiger partial charge in [0.15, 0.2) is 0 Å². The minimum absolute atomic E-state index is 0.0852. The van der Waals surface area contributed by atoms with Crippen LogP contribution in [0.5, 0.6) is 0 Å². The SMILES string of the molecule is FC(F)(F)CCCNc1ccc2cc(Br)ccc2c1. The third-order valence-corrected chi connectivity index (χ3v) is 3.26. The summed E-state index contributed by atoms with van der Waals surface area (Å²) in [6.45, 7) is 0.321. The van der Waals surface area contributed by atoms with E-state index >= 15 is 0 Å². The van der Waals surface area contributed by atoms with E-state index in [0.717, 1.165) is 20.9 Å². The monoisotopic (exact) mass is 331 g/mol. The summed E-state index contributed by atoms with van der Waals surface area (Å²) in [4.78, 5) is 0. The zero-order valence-electron chi connectivity index (χ0n) is 10.1. The maximum atomic E-state index is 12.0. The molecule has 0 aliphatic rings. The highest BCUT2D eigenvalue weighted by atomic mass is 79.9. The summed E-state index contributed by atoms with van der Waals surface area (Å²) in [6, 6.07) is 11.7. The highest BCUT2D eigenvalue weighted by Crippen LogP contribution is 2.24. The number of anilines is 1. The van der Waals surface area contributed by atoms with Crippen LogP contribution in [0.4, 0.5) is 18.9 Å². The van der Waals surface area contributed by atoms with Gasteiger partial charge in [-0.1, -0.05) is 28.1 Å². The third-order valence-electron chi connectivity index (χ3n) is 2.77. The van der Waals surface area contributed by atoms with E-state index in [9.17, 15) is 13.2 Å². The second-order valence-electron chi connectivity index (χ2n) is 4.35. The molecular weight excluding hydrogens is 319 g/mol. The van der Waals surface area contributed by atoms with Gasteiger partial charge in [0, 0.05) is 23.1 Å². The molecule has 0 amide bonds. The Morgan fingerprint density at radius 2 is 1.68 bits per heavy atom. The van der Waals surface area contributed by atoms with E-state index < -0.39 is 12.6 Å². The zero-order valence-corrected chi connectivity index (χ0v) is 11.7. The average molecular weight is 332 g/mol. The van der Waals surface area contributed by atoms with Gasteiger partial charge in [0.2, 0.25) is 0 Å². The fourth-order valence-corrected chi connectivity index (χ4v) is 2.23. The Labute approximate surface area is 117 Å². The lowest BCUT2D eigenvalue weighted by molar-refractivity contribution is -0.134. The van der Waals surface area contributed by atoms with Crippen molar-refractivity contribution in [2.75, 3.05) is 11.9 Å². The number of alkyl halides is 3. The number of rotatable bonds is 4. The molecule has 1 N–H and O–H groups in total. The lowest BCUT2D eigenvalue weighted by atomic mass is 10.1. The molecule has 0 bridgehead atoms. The molecular formula is C14H13BrF3N. The molecule has 0 saturated heterocycles. The van der Waals surface area contributed by atoms with E-state index in [2.05, 4.69) is 21.2 Å². The van der Waals surface area contributed by atoms with Crippen LogP contribution in [0.15, 0.2) is 40.9 Å². The molecule has 19 heavy (non-hydrogen) atoms. The second kappa shape index (κ2) is 5.82. The summed E-state index contributed by atoms with van der Waals surface area (Å²) < 4.78 is 37.0. The van der Waals surface area contributed by atoms with E-state index in [1.54, 1.807) is 0 Å². The summed E-state index contributed by atoms with van der Waals surface area (Å²) >= 11 is 3.40. The Bertz CT molecular complexity index is 566. The summed E-state index contributed by atoms with van der Waals surface area (Å²) in [5.41, 5.74) is 0.844. The first kappa shape index (κ1) is 14.2. The number of hydrogen-bond acceptors (Lipinski definition) is 1. The molecule has 2 aromatic carbocycles. The molecule has 0 aliphatic heterocycles. The molecule has 0 unspecified atom stereocenters. The summed E-state index contributed by atoms with van der Waals surface area (Å²) in [5, 5.41) is 5.16. The highest BCUT2D eigenvalue weighted by Gasteiger charge is 2.25. The van der Waals surface area contributed by atoms with E-state index in [1.165, 1.54) is 0 Å². The molecule has 0 fully saturated rings. The molecule has 1 nitrogen and oxygen atoms in total. The maximum absolute atomic E-state index is 12.0. The van der Waals surface area contributed by atoms with Crippen molar-refractivity contribution in [1.82, 2.24) is 0 Å². The lowest BCUT2D eigenvalue weighted by Gasteiger charge is -2.09. The minimum Gasteiger partial charge on any atom is -0.385 e. The van der Waals surface area contributed by atoms with E-state index in [1.807, 2.05) is 36.4 Å². The van der Waals surface area contributed by atoms with Crippen molar-refractivity contribution in [3.63, 3.8) is 0 Å². The molecule has 0 spiro atoms. The smallest absolute Gasteiger partial charge is 0.385 e. The van der Waals surface area contributed by atoms with Crippen molar-refractivity contribution < 1.29 is 13.2 Å². The predicted molar refractivity (Wildman–Crippen MR) is 75.4 cm³/mol. The number of fused-ring (bicyclic) bond motifs is 1. The van der Waals surface area contributed by atoms with Crippen LogP contribution in [0.3, 0.4) is 0 Å². The molecule has 0 aromatic heterocycles. The normalized spacial score (nSPS) is 11.8. The van der Waals surface area contributed by atoms with Crippen molar-refractivity contribution in [3.8, 4) is 0 Å². The van der Waals surface area contributed by atoms with Gasteiger partial charge in [0.25, 0.3) is 0 Å². The second-order valence-corrected chi connectivity index (χ2v) is 5.27. The summed E-state index contributed by atoms with van der Waals surface area (Å²) in [7, 11) is 0. The van der Waals surface area contributed by atoms with Gasteiger partial charge in [-0.2, -0.15) is 13.2 Å². The molecule has 5 heteroatoms. The van der Waals surface area contributed by atoms with Gasteiger partial charge in [-0.05, 0) is 41.5 Å². The Kier molecular flexibility index (Phi) is 4.34. The highest BCUT2D eigenvalue weighted by molar-refractivity contribution is 9.10. The lowest BCUT2D eigenvalue weighted by Crippen LogP contribution is -2.10. The Balaban J connectivity index is 1.96. The fourth-order valence-electron chi connectivity index (χ4n) is 1.85. The minimum atomic E-state index is -4.07. The van der Waals surface area contributed by atoms with Crippen LogP contribution in [-0.2, 0) is 0 Å². The predicted octanol–water partition coefficient (Wildman–Crippen LogP) is 5.36. The largest absolute Gasteiger partial charge is 0.389 e. The van der Waals surface area contributed by atoms with Crippen LogP contribution in [0.2, 0.25) is 0 Å². The molecule has 0 radical (unpaired) electrons. The van der Waals surface area contributed by atoms with Crippen LogP contribution in [0.1, 0.15) is 12.8 Å². The molecule has 2 aromatic rings. The molecule has 0 saturated carbocycles. The van der Waals surface area contributed by atoms with E-state index in [-0.39, 0.29) is 6.42 Å². The Hall–Kier alpha value is -1.23. The van der Waals surface area contributed by atoms with Gasteiger partial charge in [-0.25, -0.2) is 0 Å². The summed E-state index contributed by atoms with van der Waals surface area (Å²) in [5.74, 6) is 0. The number of hydrogen-bond donors (Lipinski definition) is 1. The number of halogens is 4. The van der Waals surface area contributed by atoms with Crippen LogP contribution in [0.25, 0.3) is 10.8 Å². The molecule has 0 aliphatic carbocycles. The zero-order chi connectivity index (χ0) is 13.9. The first-order valence-electron chi connectivity index (χ1n) is 5.94. The van der Waals surface area contributed by atoms with Crippen molar-refractivity contribution in [2.45, 2.75) is 19.0 Å². The van der Waals surface area contributed by atoms with Gasteiger partial charge in [0.05, 0.1) is 0 Å². The number of nitrogens with one attached hydrogen (secondary N) is 1. The van der Waals surface area contributed by atoms with Gasteiger partial charge in [-0.15, -0.1) is 0 Å². The number of benzene rings is 2. The van der Waals surface area contributed by atoms with Gasteiger partial charge < -0.3 is 5.32 Å². The topological polar surface area (TPSA) is 12.0 Å². The van der Waals surface area contributed by atoms with Crippen LogP contribution in [-0.4, -0.2) is 12.7 Å². The van der Waals surface area contributed by atoms with Gasteiger partial charge in [-0.3, -0.25) is 0 Å². The molecule has 0 atom stereocenters. The van der Waals surface area contributed by atoms with Crippen molar-refractivity contribution >= 4 is 32.4 Å². The van der Waals surface area contributed by atoms with Crippen LogP contribution >= 0.6 is 15.9 Å². The van der Waals surface area contributed by atoms with Gasteiger partial charge in [0.1, 0.15) is 0 Å². The van der Waals surface area contributed by atoms with Crippen molar-refractivity contribution in [2.24, 2.45) is 0 Å². The van der Waals surface area contributed by atoms with Crippen molar-refractivity contribution in [3.05, 3.63) is 40.9 Å². The maximum Gasteiger partial charge on any atom is 0.389 e. The quantitative estimate of drug-likeness (QED) is 0.744. The average Bonchev–Trinajstić information content (AvgIpc) is 2.33. The van der Waals surface area contributed by atoms with Gasteiger partial charge >= 0.3 is 6.18 Å². The van der Waals surface area contributed by atoms with Crippen LogP contribution in [0, 0.1) is 0 Å². The van der Waals surface area contributed by atoms with Crippen molar-refractivity contribution in [1.29, 1.82) is 0 Å². The standard InChI is InChI=1S/C14H13BrF3N/c15-12-4-2-11-9-13(5-3-10(11)8-12)19-7-1-6-14(16,17)18/h2-5,8-9,19H,1,6-7H2. The summed E-state index contributed by atoms with van der Waals surface area (Å²) in [6.07, 6.45) is -4.74. The molecule has 0 heterocycles. The molecule has 2 rings (SSSR count). The first-order valence-corrected chi connectivity index (χ1v) is 6.73. The third kappa shape index (κ3) is 4.42. The van der Waals surface area contributed by atoms with E-state index in [4.69, 9.17) is 0 Å². The van der Waals surface area contributed by atoms with Crippen LogP contribution < -0.4 is 5.32 Å². The first-order chi connectivity index (χ1) is 8.94.